The first-order valence-electron chi connectivity index (χ1n) is 5.56. The molecule has 0 heterocycles. The van der Waals surface area contributed by atoms with Crippen molar-refractivity contribution in [2.45, 2.75) is 4.90 Å². The van der Waals surface area contributed by atoms with Crippen molar-refractivity contribution in [3.05, 3.63) is 52.4 Å². The van der Waals surface area contributed by atoms with Crippen molar-refractivity contribution < 1.29 is 39.5 Å². The lowest BCUT2D eigenvalue weighted by Crippen LogP contribution is -2.09. The van der Waals surface area contributed by atoms with E-state index in [4.69, 9.17) is 0 Å². The van der Waals surface area contributed by atoms with Crippen LogP contribution in [0.25, 0.3) is 11.1 Å². The molecule has 0 spiro atoms. The van der Waals surface area contributed by atoms with Gasteiger partial charge in [-0.1, -0.05) is 0 Å². The molecule has 0 saturated heterocycles. The van der Waals surface area contributed by atoms with E-state index in [1.807, 2.05) is 0 Å². The average Bonchev–Trinajstić information content (AvgIpc) is 2.53. The molecule has 0 nitrogen and oxygen atoms in total. The molecule has 2 aromatic carbocycles. The molecule has 124 valence electrons. The Labute approximate surface area is 126 Å². The van der Waals surface area contributed by atoms with Gasteiger partial charge < -0.3 is 0 Å². The molecule has 0 amide bonds. The van der Waals surface area contributed by atoms with E-state index in [9.17, 15) is 39.5 Å². The molecule has 2 aromatic rings. The minimum atomic E-state index is -2.59. The number of thioether (sulfide) groups is 1. The van der Waals surface area contributed by atoms with Gasteiger partial charge in [0.15, 0.2) is 46.5 Å². The number of hydrogen-bond donors (Lipinski definition) is 0. The van der Waals surface area contributed by atoms with Crippen molar-refractivity contribution >= 4 is 11.8 Å². The molecule has 0 aliphatic heterocycles. The van der Waals surface area contributed by atoms with Gasteiger partial charge in [-0.2, -0.15) is 0 Å². The van der Waals surface area contributed by atoms with Crippen molar-refractivity contribution in [3.63, 3.8) is 0 Å². The van der Waals surface area contributed by atoms with E-state index in [1.54, 1.807) is 0 Å². The monoisotopic (exact) mass is 362 g/mol. The minimum Gasteiger partial charge on any atom is -0.203 e. The number of rotatable bonds is 2. The lowest BCUT2D eigenvalue weighted by molar-refractivity contribution is 0.378. The van der Waals surface area contributed by atoms with Gasteiger partial charge >= 0.3 is 0 Å². The van der Waals surface area contributed by atoms with Crippen LogP contribution in [-0.4, -0.2) is 6.26 Å². The van der Waals surface area contributed by atoms with Crippen LogP contribution >= 0.6 is 11.8 Å². The Bertz CT molecular complexity index is 758. The normalized spacial score (nSPS) is 11.2. The summed E-state index contributed by atoms with van der Waals surface area (Å²) >= 11 is 0.246. The number of halogens is 9. The van der Waals surface area contributed by atoms with Crippen LogP contribution in [0.2, 0.25) is 0 Å². The molecule has 0 bridgehead atoms. The number of hydrogen-bond acceptors (Lipinski definition) is 1. The largest absolute Gasteiger partial charge is 0.203 e. The zero-order valence-corrected chi connectivity index (χ0v) is 11.6. The first-order chi connectivity index (χ1) is 10.6. The maximum Gasteiger partial charge on any atom is 0.200 e. The van der Waals surface area contributed by atoms with Crippen LogP contribution in [0.5, 0.6) is 0 Å². The van der Waals surface area contributed by atoms with Crippen LogP contribution in [0.3, 0.4) is 0 Å². The summed E-state index contributed by atoms with van der Waals surface area (Å²) in [5.74, 6) is -21.4. The standard InChI is InChI=1S/C13H3F9S/c1-23-13-11(21)6(16)3(7(17)12(13)22)2-4(14)8(18)10(20)9(19)5(2)15/h1H3. The molecule has 0 radical (unpaired) electrons. The van der Waals surface area contributed by atoms with Gasteiger partial charge in [-0.3, -0.25) is 0 Å². The highest BCUT2D eigenvalue weighted by molar-refractivity contribution is 7.98. The molecule has 0 unspecified atom stereocenters. The third-order valence-electron chi connectivity index (χ3n) is 2.89. The quantitative estimate of drug-likeness (QED) is 0.301. The van der Waals surface area contributed by atoms with Gasteiger partial charge in [0, 0.05) is 0 Å². The zero-order valence-electron chi connectivity index (χ0n) is 10.8. The molecular weight excluding hydrogens is 359 g/mol. The SMILES string of the molecule is CSc1c(F)c(F)c(-c2c(F)c(F)c(F)c(F)c2F)c(F)c1F. The van der Waals surface area contributed by atoms with E-state index >= 15 is 0 Å². The Morgan fingerprint density at radius 3 is 1.00 bits per heavy atom. The fourth-order valence-electron chi connectivity index (χ4n) is 1.83. The third-order valence-corrected chi connectivity index (χ3v) is 3.65. The Morgan fingerprint density at radius 2 is 0.696 bits per heavy atom. The summed E-state index contributed by atoms with van der Waals surface area (Å²) in [6.45, 7) is 0. The van der Waals surface area contributed by atoms with E-state index in [0.717, 1.165) is 6.26 Å². The fraction of sp³-hybridized carbons (Fsp3) is 0.0769. The topological polar surface area (TPSA) is 0 Å². The second-order valence-electron chi connectivity index (χ2n) is 4.11. The van der Waals surface area contributed by atoms with E-state index in [0.29, 0.717) is 0 Å². The van der Waals surface area contributed by atoms with Crippen LogP contribution in [0.1, 0.15) is 0 Å². The summed E-state index contributed by atoms with van der Waals surface area (Å²) < 4.78 is 121. The van der Waals surface area contributed by atoms with Crippen LogP contribution < -0.4 is 0 Å². The van der Waals surface area contributed by atoms with Crippen LogP contribution in [-0.2, 0) is 0 Å². The van der Waals surface area contributed by atoms with E-state index in [-0.39, 0.29) is 11.8 Å². The van der Waals surface area contributed by atoms with Crippen LogP contribution in [0, 0.1) is 52.4 Å². The van der Waals surface area contributed by atoms with Crippen molar-refractivity contribution in [2.75, 3.05) is 6.26 Å². The molecule has 10 heteroatoms. The van der Waals surface area contributed by atoms with E-state index < -0.39 is 68.4 Å². The zero-order chi connectivity index (χ0) is 17.6. The average molecular weight is 362 g/mol. The highest BCUT2D eigenvalue weighted by Gasteiger charge is 2.34. The molecular formula is C13H3F9S. The van der Waals surface area contributed by atoms with Gasteiger partial charge in [0.1, 0.15) is 0 Å². The van der Waals surface area contributed by atoms with Gasteiger partial charge in [-0.25, -0.2) is 39.5 Å². The molecule has 0 aromatic heterocycles. The fourth-order valence-corrected chi connectivity index (χ4v) is 2.37. The van der Waals surface area contributed by atoms with Gasteiger partial charge in [0.25, 0.3) is 0 Å². The van der Waals surface area contributed by atoms with Crippen LogP contribution in [0.15, 0.2) is 4.90 Å². The first-order valence-corrected chi connectivity index (χ1v) is 6.79. The predicted octanol–water partition coefficient (Wildman–Crippen LogP) is 5.33. The van der Waals surface area contributed by atoms with Gasteiger partial charge in [-0.15, -0.1) is 11.8 Å². The van der Waals surface area contributed by atoms with Crippen molar-refractivity contribution in [1.29, 1.82) is 0 Å². The Balaban J connectivity index is 3.01. The van der Waals surface area contributed by atoms with Gasteiger partial charge in [-0.05, 0) is 6.26 Å². The van der Waals surface area contributed by atoms with E-state index in [1.165, 1.54) is 0 Å². The van der Waals surface area contributed by atoms with Crippen LogP contribution in [0.4, 0.5) is 39.5 Å². The third kappa shape index (κ3) is 2.44. The summed E-state index contributed by atoms with van der Waals surface area (Å²) in [5.41, 5.74) is -4.12. The second kappa shape index (κ2) is 5.99. The molecule has 0 aliphatic carbocycles. The molecule has 2 rings (SSSR count). The lowest BCUT2D eigenvalue weighted by Gasteiger charge is -2.13. The summed E-state index contributed by atoms with van der Waals surface area (Å²) in [7, 11) is 0. The maximum atomic E-state index is 13.8. The molecule has 0 N–H and O–H groups in total. The first kappa shape index (κ1) is 17.5. The van der Waals surface area contributed by atoms with Gasteiger partial charge in [0.05, 0.1) is 16.0 Å². The lowest BCUT2D eigenvalue weighted by atomic mass is 10.0. The highest BCUT2D eigenvalue weighted by atomic mass is 32.2. The molecule has 0 atom stereocenters. The van der Waals surface area contributed by atoms with Crippen molar-refractivity contribution in [1.82, 2.24) is 0 Å². The van der Waals surface area contributed by atoms with Gasteiger partial charge in [0.2, 0.25) is 5.82 Å². The Morgan fingerprint density at radius 1 is 0.435 bits per heavy atom. The number of benzene rings is 2. The highest BCUT2D eigenvalue weighted by Crippen LogP contribution is 2.39. The molecule has 0 fully saturated rings. The summed E-state index contributed by atoms with van der Waals surface area (Å²) in [5, 5.41) is 0. The molecule has 0 saturated carbocycles. The Hall–Kier alpha value is -1.84. The van der Waals surface area contributed by atoms with Crippen molar-refractivity contribution in [3.8, 4) is 11.1 Å². The Kier molecular flexibility index (Phi) is 4.56. The predicted molar refractivity (Wildman–Crippen MR) is 63.3 cm³/mol. The van der Waals surface area contributed by atoms with Crippen molar-refractivity contribution in [2.24, 2.45) is 0 Å². The minimum absolute atomic E-state index is 0.246. The summed E-state index contributed by atoms with van der Waals surface area (Å²) in [4.78, 5) is -1.15. The molecule has 23 heavy (non-hydrogen) atoms. The summed E-state index contributed by atoms with van der Waals surface area (Å²) in [6, 6.07) is 0. The summed E-state index contributed by atoms with van der Waals surface area (Å²) in [6.07, 6.45) is 1.05. The second-order valence-corrected chi connectivity index (χ2v) is 4.93. The van der Waals surface area contributed by atoms with E-state index in [2.05, 4.69) is 0 Å². The maximum absolute atomic E-state index is 13.8. The smallest absolute Gasteiger partial charge is 0.200 e. The molecule has 0 aliphatic rings.